The van der Waals surface area contributed by atoms with E-state index in [9.17, 15) is 4.39 Å². The molecule has 0 amide bonds. The summed E-state index contributed by atoms with van der Waals surface area (Å²) in [5.74, 6) is -0.0133. The van der Waals surface area contributed by atoms with Crippen LogP contribution in [-0.2, 0) is 4.74 Å². The number of halogens is 1. The van der Waals surface area contributed by atoms with Crippen LogP contribution in [0.1, 0.15) is 6.42 Å². The molecule has 1 aromatic heterocycles. The second-order valence-electron chi connectivity index (χ2n) is 3.52. The number of rotatable bonds is 7. The lowest BCUT2D eigenvalue weighted by molar-refractivity contribution is 0.205. The molecule has 0 unspecified atom stereocenters. The summed E-state index contributed by atoms with van der Waals surface area (Å²) >= 11 is 0. The van der Waals surface area contributed by atoms with E-state index >= 15 is 0 Å². The Kier molecular flexibility index (Phi) is 5.78. The lowest BCUT2D eigenvalue weighted by Gasteiger charge is -2.21. The number of ether oxygens (including phenoxy) is 1. The van der Waals surface area contributed by atoms with Crippen molar-refractivity contribution in [1.29, 1.82) is 0 Å². The molecule has 0 saturated carbocycles. The summed E-state index contributed by atoms with van der Waals surface area (Å²) in [6.07, 6.45) is 2.53. The standard InChI is InChI=1S/C10H16FN5O2/c1-18-5-4-16(3-2-9(12)15-17)10-13-6-8(11)7-14-10/h6-7,17H,2-5H2,1H3,(H2,12,15). The second-order valence-corrected chi connectivity index (χ2v) is 3.52. The first-order valence-electron chi connectivity index (χ1n) is 5.35. The predicted octanol–water partition coefficient (Wildman–Crippen LogP) is 0.205. The third kappa shape index (κ3) is 4.50. The van der Waals surface area contributed by atoms with E-state index < -0.39 is 5.82 Å². The molecule has 1 heterocycles. The third-order valence-electron chi connectivity index (χ3n) is 2.22. The summed E-state index contributed by atoms with van der Waals surface area (Å²) in [5.41, 5.74) is 5.39. The SMILES string of the molecule is COCCN(CCC(N)=NO)c1ncc(F)cn1. The minimum absolute atomic E-state index is 0.111. The third-order valence-corrected chi connectivity index (χ3v) is 2.22. The van der Waals surface area contributed by atoms with Gasteiger partial charge in [0, 0.05) is 26.6 Å². The van der Waals surface area contributed by atoms with Crippen LogP contribution in [-0.4, -0.2) is 47.8 Å². The number of amidine groups is 1. The van der Waals surface area contributed by atoms with Gasteiger partial charge in [-0.1, -0.05) is 5.16 Å². The first-order chi connectivity index (χ1) is 8.67. The van der Waals surface area contributed by atoms with E-state index in [2.05, 4.69) is 15.1 Å². The highest BCUT2D eigenvalue weighted by molar-refractivity contribution is 5.80. The molecule has 3 N–H and O–H groups in total. The van der Waals surface area contributed by atoms with Crippen LogP contribution in [0.2, 0.25) is 0 Å². The van der Waals surface area contributed by atoms with Crippen molar-refractivity contribution in [2.24, 2.45) is 10.9 Å². The van der Waals surface area contributed by atoms with Gasteiger partial charge in [0.25, 0.3) is 0 Å². The van der Waals surface area contributed by atoms with Gasteiger partial charge in [-0.3, -0.25) is 0 Å². The van der Waals surface area contributed by atoms with Crippen molar-refractivity contribution >= 4 is 11.8 Å². The Balaban J connectivity index is 2.67. The molecule has 0 saturated heterocycles. The smallest absolute Gasteiger partial charge is 0.225 e. The fourth-order valence-corrected chi connectivity index (χ4v) is 1.28. The predicted molar refractivity (Wildman–Crippen MR) is 64.1 cm³/mol. The molecule has 0 spiro atoms. The molecule has 18 heavy (non-hydrogen) atoms. The highest BCUT2D eigenvalue weighted by Gasteiger charge is 2.10. The zero-order chi connectivity index (χ0) is 13.4. The molecule has 0 fully saturated rings. The van der Waals surface area contributed by atoms with E-state index in [4.69, 9.17) is 15.7 Å². The molecule has 0 aromatic carbocycles. The highest BCUT2D eigenvalue weighted by atomic mass is 19.1. The first-order valence-corrected chi connectivity index (χ1v) is 5.35. The van der Waals surface area contributed by atoms with E-state index in [1.807, 2.05) is 0 Å². The monoisotopic (exact) mass is 257 g/mol. The molecule has 0 radical (unpaired) electrons. The molecule has 1 aromatic rings. The Hall–Kier alpha value is -1.96. The maximum atomic E-state index is 12.7. The minimum atomic E-state index is -0.498. The van der Waals surface area contributed by atoms with Gasteiger partial charge in [0.2, 0.25) is 5.95 Å². The van der Waals surface area contributed by atoms with Gasteiger partial charge in [-0.15, -0.1) is 0 Å². The fourth-order valence-electron chi connectivity index (χ4n) is 1.28. The van der Waals surface area contributed by atoms with E-state index in [0.717, 1.165) is 12.4 Å². The van der Waals surface area contributed by atoms with Gasteiger partial charge in [-0.25, -0.2) is 14.4 Å². The number of anilines is 1. The Labute approximate surface area is 104 Å². The van der Waals surface area contributed by atoms with E-state index in [0.29, 0.717) is 32.1 Å². The lowest BCUT2D eigenvalue weighted by atomic mass is 10.3. The van der Waals surface area contributed by atoms with Crippen LogP contribution in [0.4, 0.5) is 10.3 Å². The van der Waals surface area contributed by atoms with Crippen LogP contribution in [0.25, 0.3) is 0 Å². The maximum absolute atomic E-state index is 12.7. The van der Waals surface area contributed by atoms with Crippen LogP contribution in [0.5, 0.6) is 0 Å². The Morgan fingerprint density at radius 2 is 2.17 bits per heavy atom. The van der Waals surface area contributed by atoms with Crippen LogP contribution in [0, 0.1) is 5.82 Å². The molecular weight excluding hydrogens is 241 g/mol. The Morgan fingerprint density at radius 3 is 2.72 bits per heavy atom. The van der Waals surface area contributed by atoms with Crippen LogP contribution < -0.4 is 10.6 Å². The van der Waals surface area contributed by atoms with E-state index in [1.165, 1.54) is 0 Å². The summed E-state index contributed by atoms with van der Waals surface area (Å²) in [6.45, 7) is 1.45. The van der Waals surface area contributed by atoms with Crippen molar-refractivity contribution < 1.29 is 14.3 Å². The zero-order valence-corrected chi connectivity index (χ0v) is 10.1. The number of oxime groups is 1. The quantitative estimate of drug-likeness (QED) is 0.313. The number of nitrogens with two attached hydrogens (primary N) is 1. The van der Waals surface area contributed by atoms with Crippen molar-refractivity contribution in [2.45, 2.75) is 6.42 Å². The molecule has 100 valence electrons. The Morgan fingerprint density at radius 1 is 1.50 bits per heavy atom. The Bertz CT molecular complexity index is 384. The number of methoxy groups -OCH3 is 1. The van der Waals surface area contributed by atoms with Crippen LogP contribution >= 0.6 is 0 Å². The average Bonchev–Trinajstić information content (AvgIpc) is 2.40. The largest absolute Gasteiger partial charge is 0.409 e. The van der Waals surface area contributed by atoms with Crippen LogP contribution in [0.15, 0.2) is 17.5 Å². The topological polar surface area (TPSA) is 96.9 Å². The van der Waals surface area contributed by atoms with E-state index in [-0.39, 0.29) is 5.84 Å². The fraction of sp³-hybridized carbons (Fsp3) is 0.500. The summed E-state index contributed by atoms with van der Waals surface area (Å²) in [7, 11) is 1.58. The van der Waals surface area contributed by atoms with Crippen molar-refractivity contribution in [1.82, 2.24) is 9.97 Å². The second kappa shape index (κ2) is 7.38. The summed E-state index contributed by atoms with van der Waals surface area (Å²) in [6, 6.07) is 0. The molecule has 0 bridgehead atoms. The molecule has 0 aliphatic rings. The van der Waals surface area contributed by atoms with Gasteiger partial charge in [0.05, 0.1) is 19.0 Å². The normalized spacial score (nSPS) is 11.6. The number of aromatic nitrogens is 2. The van der Waals surface area contributed by atoms with Gasteiger partial charge >= 0.3 is 0 Å². The molecule has 8 heteroatoms. The van der Waals surface area contributed by atoms with Crippen LogP contribution in [0.3, 0.4) is 0 Å². The summed E-state index contributed by atoms with van der Waals surface area (Å²) in [5, 5.41) is 11.4. The van der Waals surface area contributed by atoms with Gasteiger partial charge in [0.15, 0.2) is 5.82 Å². The highest BCUT2D eigenvalue weighted by Crippen LogP contribution is 2.07. The van der Waals surface area contributed by atoms with Gasteiger partial charge in [-0.2, -0.15) is 0 Å². The average molecular weight is 257 g/mol. The van der Waals surface area contributed by atoms with E-state index in [1.54, 1.807) is 12.0 Å². The van der Waals surface area contributed by atoms with Crippen molar-refractivity contribution in [3.63, 3.8) is 0 Å². The summed E-state index contributed by atoms with van der Waals surface area (Å²) in [4.78, 5) is 9.52. The lowest BCUT2D eigenvalue weighted by Crippen LogP contribution is -2.32. The summed E-state index contributed by atoms with van der Waals surface area (Å²) < 4.78 is 17.7. The van der Waals surface area contributed by atoms with Gasteiger partial charge in [0.1, 0.15) is 5.84 Å². The van der Waals surface area contributed by atoms with Crippen molar-refractivity contribution in [2.75, 3.05) is 31.7 Å². The zero-order valence-electron chi connectivity index (χ0n) is 10.1. The number of hydrogen-bond donors (Lipinski definition) is 2. The molecule has 0 aliphatic carbocycles. The number of hydrogen-bond acceptors (Lipinski definition) is 6. The van der Waals surface area contributed by atoms with Gasteiger partial charge < -0.3 is 20.6 Å². The molecule has 7 nitrogen and oxygen atoms in total. The number of nitrogens with zero attached hydrogens (tertiary/aromatic N) is 4. The molecule has 0 aliphatic heterocycles. The first kappa shape index (κ1) is 14.1. The molecular formula is C10H16FN5O2. The molecule has 1 rings (SSSR count). The van der Waals surface area contributed by atoms with Gasteiger partial charge in [-0.05, 0) is 0 Å². The molecule has 0 atom stereocenters. The maximum Gasteiger partial charge on any atom is 0.225 e. The van der Waals surface area contributed by atoms with Crippen molar-refractivity contribution in [3.05, 3.63) is 18.2 Å². The van der Waals surface area contributed by atoms with Crippen molar-refractivity contribution in [3.8, 4) is 0 Å². The minimum Gasteiger partial charge on any atom is -0.409 e.